The van der Waals surface area contributed by atoms with Gasteiger partial charge in [-0.2, -0.15) is 0 Å². The van der Waals surface area contributed by atoms with Crippen LogP contribution in [0, 0.1) is 0 Å². The van der Waals surface area contributed by atoms with Gasteiger partial charge in [0.25, 0.3) is 0 Å². The summed E-state index contributed by atoms with van der Waals surface area (Å²) in [5, 5.41) is 8.04. The fourth-order valence-corrected chi connectivity index (χ4v) is 0.0962. The molecule has 0 aromatic heterocycles. The number of epoxide rings is 1. The standard InChI is InChI=1S/C4H8O.C3H6O/c1-4(2)3-5;1-3-2-4-3/h5H,1,3H2,2H3;3H,2H2,1H3. The van der Waals surface area contributed by atoms with E-state index >= 15 is 0 Å². The quantitative estimate of drug-likeness (QED) is 0.423. The van der Waals surface area contributed by atoms with Gasteiger partial charge in [0.1, 0.15) is 0 Å². The molecule has 9 heavy (non-hydrogen) atoms. The predicted octanol–water partition coefficient (Wildman–Crippen LogP) is 0.960. The lowest BCUT2D eigenvalue weighted by molar-refractivity contribution is 0.332. The van der Waals surface area contributed by atoms with E-state index < -0.39 is 0 Å². The largest absolute Gasteiger partial charge is 0.392 e. The zero-order valence-corrected chi connectivity index (χ0v) is 6.05. The van der Waals surface area contributed by atoms with E-state index in [2.05, 4.69) is 13.5 Å². The lowest BCUT2D eigenvalue weighted by Crippen LogP contribution is -1.76. The highest BCUT2D eigenvalue weighted by atomic mass is 16.6. The summed E-state index contributed by atoms with van der Waals surface area (Å²) in [6.45, 7) is 8.35. The van der Waals surface area contributed by atoms with Gasteiger partial charge in [0.05, 0.1) is 19.3 Å². The third kappa shape index (κ3) is 11.3. The zero-order chi connectivity index (χ0) is 7.28. The maximum atomic E-state index is 8.04. The summed E-state index contributed by atoms with van der Waals surface area (Å²) >= 11 is 0. The molecule has 0 saturated carbocycles. The monoisotopic (exact) mass is 130 g/mol. The third-order valence-electron chi connectivity index (χ3n) is 0.770. The highest BCUT2D eigenvalue weighted by Crippen LogP contribution is 2.04. The van der Waals surface area contributed by atoms with E-state index in [9.17, 15) is 0 Å². The molecule has 2 heteroatoms. The van der Waals surface area contributed by atoms with Crippen molar-refractivity contribution in [3.63, 3.8) is 0 Å². The summed E-state index contributed by atoms with van der Waals surface area (Å²) in [6, 6.07) is 0. The molecule has 1 heterocycles. The van der Waals surface area contributed by atoms with Gasteiger partial charge in [-0.3, -0.25) is 0 Å². The SMILES string of the molecule is C=C(C)CO.CC1CO1. The van der Waals surface area contributed by atoms with Gasteiger partial charge in [-0.25, -0.2) is 0 Å². The highest BCUT2D eigenvalue weighted by Gasteiger charge is 2.13. The molecule has 1 unspecified atom stereocenters. The summed E-state index contributed by atoms with van der Waals surface area (Å²) in [7, 11) is 0. The Hall–Kier alpha value is -0.340. The average Bonchev–Trinajstić information content (AvgIpc) is 2.53. The first kappa shape index (κ1) is 8.66. The van der Waals surface area contributed by atoms with Crippen LogP contribution in [0.15, 0.2) is 12.2 Å². The van der Waals surface area contributed by atoms with Crippen molar-refractivity contribution in [1.82, 2.24) is 0 Å². The first-order chi connectivity index (χ1) is 4.16. The molecule has 0 amide bonds. The van der Waals surface area contributed by atoms with Gasteiger partial charge in [0.15, 0.2) is 0 Å². The van der Waals surface area contributed by atoms with E-state index in [1.165, 1.54) is 0 Å². The number of rotatable bonds is 1. The van der Waals surface area contributed by atoms with Crippen molar-refractivity contribution in [2.45, 2.75) is 20.0 Å². The Balaban J connectivity index is 0.000000144. The van der Waals surface area contributed by atoms with Crippen LogP contribution in [0.3, 0.4) is 0 Å². The lowest BCUT2D eigenvalue weighted by Gasteiger charge is -1.79. The molecule has 1 saturated heterocycles. The van der Waals surface area contributed by atoms with Crippen LogP contribution in [0.4, 0.5) is 0 Å². The third-order valence-corrected chi connectivity index (χ3v) is 0.770. The molecule has 1 aliphatic heterocycles. The molecule has 1 rings (SSSR count). The Morgan fingerprint density at radius 3 is 2.11 bits per heavy atom. The molecule has 0 aliphatic carbocycles. The van der Waals surface area contributed by atoms with Gasteiger partial charge >= 0.3 is 0 Å². The number of aliphatic hydroxyl groups excluding tert-OH is 1. The molecule has 1 aliphatic rings. The van der Waals surface area contributed by atoms with Crippen LogP contribution < -0.4 is 0 Å². The molecule has 2 nitrogen and oxygen atoms in total. The van der Waals surface area contributed by atoms with Crippen LogP contribution in [-0.4, -0.2) is 24.4 Å². The Morgan fingerprint density at radius 2 is 2.11 bits per heavy atom. The molecule has 0 radical (unpaired) electrons. The second-order valence-electron chi connectivity index (χ2n) is 2.26. The van der Waals surface area contributed by atoms with E-state index in [-0.39, 0.29) is 6.61 Å². The molecule has 0 spiro atoms. The fourth-order valence-electron chi connectivity index (χ4n) is 0.0962. The van der Waals surface area contributed by atoms with Crippen molar-refractivity contribution in [1.29, 1.82) is 0 Å². The predicted molar refractivity (Wildman–Crippen MR) is 37.3 cm³/mol. The van der Waals surface area contributed by atoms with Crippen LogP contribution in [0.2, 0.25) is 0 Å². The number of ether oxygens (including phenoxy) is 1. The van der Waals surface area contributed by atoms with E-state index in [4.69, 9.17) is 9.84 Å². The van der Waals surface area contributed by atoms with Gasteiger partial charge in [-0.15, -0.1) is 0 Å². The van der Waals surface area contributed by atoms with Gasteiger partial charge < -0.3 is 9.84 Å². The molecule has 1 N–H and O–H groups in total. The minimum atomic E-state index is 0.111. The summed E-state index contributed by atoms with van der Waals surface area (Å²) < 4.78 is 4.71. The zero-order valence-electron chi connectivity index (χ0n) is 6.05. The Labute approximate surface area is 56.1 Å². The Bertz CT molecular complexity index is 84.9. The van der Waals surface area contributed by atoms with E-state index in [0.29, 0.717) is 6.10 Å². The Morgan fingerprint density at radius 1 is 1.89 bits per heavy atom. The van der Waals surface area contributed by atoms with Crippen molar-refractivity contribution in [2.75, 3.05) is 13.2 Å². The van der Waals surface area contributed by atoms with Crippen molar-refractivity contribution in [2.24, 2.45) is 0 Å². The maximum Gasteiger partial charge on any atom is 0.0781 e. The number of aliphatic hydroxyl groups is 1. The maximum absolute atomic E-state index is 8.04. The minimum absolute atomic E-state index is 0.111. The van der Waals surface area contributed by atoms with Crippen LogP contribution in [0.1, 0.15) is 13.8 Å². The first-order valence-electron chi connectivity index (χ1n) is 3.03. The van der Waals surface area contributed by atoms with Crippen LogP contribution >= 0.6 is 0 Å². The molecule has 1 atom stereocenters. The summed E-state index contributed by atoms with van der Waals surface area (Å²) in [5.41, 5.74) is 0.810. The molecular formula is C7H14O2. The van der Waals surface area contributed by atoms with E-state index in [1.807, 2.05) is 0 Å². The van der Waals surface area contributed by atoms with Crippen LogP contribution in [0.5, 0.6) is 0 Å². The molecule has 1 fully saturated rings. The van der Waals surface area contributed by atoms with E-state index in [1.54, 1.807) is 6.92 Å². The molecule has 54 valence electrons. The lowest BCUT2D eigenvalue weighted by atomic mass is 10.4. The van der Waals surface area contributed by atoms with Crippen molar-refractivity contribution >= 4 is 0 Å². The molecule has 0 aromatic carbocycles. The van der Waals surface area contributed by atoms with Gasteiger partial charge in [0, 0.05) is 0 Å². The smallest absolute Gasteiger partial charge is 0.0781 e. The molecule has 0 aromatic rings. The summed E-state index contributed by atoms with van der Waals surface area (Å²) in [4.78, 5) is 0. The first-order valence-corrected chi connectivity index (χ1v) is 3.03. The van der Waals surface area contributed by atoms with Crippen molar-refractivity contribution < 1.29 is 9.84 Å². The van der Waals surface area contributed by atoms with E-state index in [0.717, 1.165) is 12.2 Å². The topological polar surface area (TPSA) is 32.8 Å². The second-order valence-corrected chi connectivity index (χ2v) is 2.26. The molecule has 0 bridgehead atoms. The summed E-state index contributed by atoms with van der Waals surface area (Å²) in [5.74, 6) is 0. The normalized spacial score (nSPS) is 21.9. The molecular weight excluding hydrogens is 116 g/mol. The minimum Gasteiger partial charge on any atom is -0.392 e. The van der Waals surface area contributed by atoms with Gasteiger partial charge in [-0.05, 0) is 13.8 Å². The highest BCUT2D eigenvalue weighted by molar-refractivity contribution is 4.85. The second kappa shape index (κ2) is 4.53. The fraction of sp³-hybridized carbons (Fsp3) is 0.714. The van der Waals surface area contributed by atoms with Gasteiger partial charge in [0.2, 0.25) is 0 Å². The van der Waals surface area contributed by atoms with Crippen LogP contribution in [0.25, 0.3) is 0 Å². The summed E-state index contributed by atoms with van der Waals surface area (Å²) in [6.07, 6.45) is 0.583. The van der Waals surface area contributed by atoms with Crippen molar-refractivity contribution in [3.05, 3.63) is 12.2 Å². The Kier molecular flexibility index (Phi) is 4.36. The van der Waals surface area contributed by atoms with Crippen molar-refractivity contribution in [3.8, 4) is 0 Å². The number of hydrogen-bond acceptors (Lipinski definition) is 2. The van der Waals surface area contributed by atoms with Crippen LogP contribution in [-0.2, 0) is 4.74 Å². The average molecular weight is 130 g/mol. The van der Waals surface area contributed by atoms with Gasteiger partial charge in [-0.1, -0.05) is 12.2 Å². The number of hydrogen-bond donors (Lipinski definition) is 1.